The number of aromatic nitrogens is 3. The van der Waals surface area contributed by atoms with Crippen LogP contribution < -0.4 is 10.9 Å². The van der Waals surface area contributed by atoms with Crippen molar-refractivity contribution in [3.05, 3.63) is 51.9 Å². The molecule has 2 unspecified atom stereocenters. The van der Waals surface area contributed by atoms with Crippen molar-refractivity contribution in [2.75, 3.05) is 26.7 Å². The Bertz CT molecular complexity index is 1200. The molecule has 8 heteroatoms. The third-order valence-corrected chi connectivity index (χ3v) is 6.76. The number of aryl methyl sites for hydroxylation is 1. The number of ether oxygens (including phenoxy) is 1. The first kappa shape index (κ1) is 28.1. The molecule has 0 bridgehead atoms. The Morgan fingerprint density at radius 3 is 2.72 bits per heavy atom. The van der Waals surface area contributed by atoms with Crippen molar-refractivity contribution in [3.8, 4) is 11.4 Å². The fourth-order valence-electron chi connectivity index (χ4n) is 4.81. The standard InChI is InChI=1S/C27H39N5O3.CH4/c1-17(2)10-23(19(4)33)28-13-20-6-7-25-24(12-20)30-26(21-11-18(3)27(34)29-14-21)32(25)16-22-15-31(5)8-9-35-22;/h6-7,11-12,14,17,19,22-23,28,33H,8-10,13,15-16H2,1-5H3,(H,29,34);1H4/t19?,22?,23-;/m0./s1. The van der Waals surface area contributed by atoms with E-state index in [1.165, 1.54) is 0 Å². The zero-order valence-corrected chi connectivity index (χ0v) is 21.5. The smallest absolute Gasteiger partial charge is 0.250 e. The van der Waals surface area contributed by atoms with Crippen LogP contribution in [0, 0.1) is 12.8 Å². The molecular formula is C28H43N5O3. The number of pyridine rings is 1. The van der Waals surface area contributed by atoms with E-state index in [0.717, 1.165) is 54.1 Å². The lowest BCUT2D eigenvalue weighted by Crippen LogP contribution is -2.42. The van der Waals surface area contributed by atoms with Gasteiger partial charge < -0.3 is 29.6 Å². The largest absolute Gasteiger partial charge is 0.392 e. The van der Waals surface area contributed by atoms with Gasteiger partial charge in [-0.25, -0.2) is 4.98 Å². The number of imidazole rings is 1. The number of aliphatic hydroxyl groups excluding tert-OH is 1. The van der Waals surface area contributed by atoms with Crippen LogP contribution in [0.2, 0.25) is 0 Å². The van der Waals surface area contributed by atoms with Gasteiger partial charge in [0.25, 0.3) is 5.56 Å². The normalized spacial score (nSPS) is 18.4. The molecular weight excluding hydrogens is 454 g/mol. The maximum Gasteiger partial charge on any atom is 0.250 e. The minimum absolute atomic E-state index is 0. The topological polar surface area (TPSA) is 95.4 Å². The number of benzene rings is 1. The van der Waals surface area contributed by atoms with Crippen LogP contribution in [0.3, 0.4) is 0 Å². The molecule has 1 aliphatic rings. The van der Waals surface area contributed by atoms with E-state index in [0.29, 0.717) is 24.6 Å². The highest BCUT2D eigenvalue weighted by Gasteiger charge is 2.22. The molecule has 3 atom stereocenters. The van der Waals surface area contributed by atoms with E-state index in [2.05, 4.69) is 58.9 Å². The van der Waals surface area contributed by atoms with Gasteiger partial charge in [0.2, 0.25) is 0 Å². The van der Waals surface area contributed by atoms with E-state index in [4.69, 9.17) is 9.72 Å². The van der Waals surface area contributed by atoms with Gasteiger partial charge in [-0.05, 0) is 57.0 Å². The van der Waals surface area contributed by atoms with Gasteiger partial charge in [0.15, 0.2) is 0 Å². The highest BCUT2D eigenvalue weighted by molar-refractivity contribution is 5.81. The quantitative estimate of drug-likeness (QED) is 0.419. The van der Waals surface area contributed by atoms with Crippen molar-refractivity contribution in [3.63, 3.8) is 0 Å². The fourth-order valence-corrected chi connectivity index (χ4v) is 4.81. The van der Waals surface area contributed by atoms with E-state index in [9.17, 15) is 9.90 Å². The Balaban J connectivity index is 0.00000361. The van der Waals surface area contributed by atoms with Crippen molar-refractivity contribution in [2.24, 2.45) is 5.92 Å². The summed E-state index contributed by atoms with van der Waals surface area (Å²) in [6.07, 6.45) is 2.31. The highest BCUT2D eigenvalue weighted by atomic mass is 16.5. The lowest BCUT2D eigenvalue weighted by Gasteiger charge is -2.30. The minimum Gasteiger partial charge on any atom is -0.392 e. The Morgan fingerprint density at radius 2 is 2.06 bits per heavy atom. The number of rotatable bonds is 9. The monoisotopic (exact) mass is 497 g/mol. The summed E-state index contributed by atoms with van der Waals surface area (Å²) < 4.78 is 8.27. The zero-order chi connectivity index (χ0) is 25.1. The van der Waals surface area contributed by atoms with Crippen LogP contribution in [0.15, 0.2) is 35.3 Å². The molecule has 3 aromatic rings. The van der Waals surface area contributed by atoms with Gasteiger partial charge in [-0.2, -0.15) is 0 Å². The molecule has 3 heterocycles. The molecule has 3 N–H and O–H groups in total. The van der Waals surface area contributed by atoms with Gasteiger partial charge in [-0.1, -0.05) is 27.3 Å². The van der Waals surface area contributed by atoms with Gasteiger partial charge in [0.05, 0.1) is 36.4 Å². The summed E-state index contributed by atoms with van der Waals surface area (Å²) in [4.78, 5) is 22.1. The molecule has 0 spiro atoms. The van der Waals surface area contributed by atoms with Gasteiger partial charge in [-0.3, -0.25) is 4.79 Å². The Morgan fingerprint density at radius 1 is 1.28 bits per heavy atom. The molecule has 1 aromatic carbocycles. The molecule has 1 aliphatic heterocycles. The molecule has 198 valence electrons. The number of hydrogen-bond donors (Lipinski definition) is 3. The molecule has 0 radical (unpaired) electrons. The molecule has 36 heavy (non-hydrogen) atoms. The molecule has 0 amide bonds. The number of aliphatic hydroxyl groups is 1. The Labute approximate surface area is 214 Å². The molecule has 4 rings (SSSR count). The number of nitrogens with zero attached hydrogens (tertiary/aromatic N) is 3. The number of H-pyrrole nitrogens is 1. The predicted octanol–water partition coefficient (Wildman–Crippen LogP) is 3.55. The summed E-state index contributed by atoms with van der Waals surface area (Å²) >= 11 is 0. The molecule has 0 aliphatic carbocycles. The van der Waals surface area contributed by atoms with Crippen molar-refractivity contribution < 1.29 is 9.84 Å². The van der Waals surface area contributed by atoms with Crippen molar-refractivity contribution in [2.45, 2.75) is 72.9 Å². The highest BCUT2D eigenvalue weighted by Crippen LogP contribution is 2.27. The lowest BCUT2D eigenvalue weighted by atomic mass is 9.99. The van der Waals surface area contributed by atoms with E-state index in [1.54, 1.807) is 6.20 Å². The summed E-state index contributed by atoms with van der Waals surface area (Å²) in [5.41, 5.74) is 4.52. The predicted molar refractivity (Wildman–Crippen MR) is 146 cm³/mol. The first-order valence-electron chi connectivity index (χ1n) is 12.6. The molecule has 1 saturated heterocycles. The van der Waals surface area contributed by atoms with Crippen LogP contribution in [0.25, 0.3) is 22.4 Å². The van der Waals surface area contributed by atoms with Crippen LogP contribution in [0.5, 0.6) is 0 Å². The summed E-state index contributed by atoms with van der Waals surface area (Å²) in [6.45, 7) is 11.9. The van der Waals surface area contributed by atoms with Gasteiger partial charge in [-0.15, -0.1) is 0 Å². The molecule has 0 saturated carbocycles. The van der Waals surface area contributed by atoms with Gasteiger partial charge >= 0.3 is 0 Å². The summed E-state index contributed by atoms with van der Waals surface area (Å²) in [6, 6.07) is 8.30. The van der Waals surface area contributed by atoms with E-state index < -0.39 is 6.10 Å². The zero-order valence-electron chi connectivity index (χ0n) is 21.5. The van der Waals surface area contributed by atoms with E-state index in [1.807, 2.05) is 19.9 Å². The Hall–Kier alpha value is -2.52. The second-order valence-corrected chi connectivity index (χ2v) is 10.4. The van der Waals surface area contributed by atoms with Crippen LogP contribution in [0.1, 0.15) is 45.7 Å². The number of aromatic amines is 1. The SMILES string of the molecule is C.Cc1cc(-c2nc3cc(CN[C@@H](CC(C)C)C(C)O)ccc3n2CC2CN(C)CCO2)c[nH]c1=O. The van der Waals surface area contributed by atoms with Crippen LogP contribution in [-0.4, -0.2) is 69.5 Å². The number of fused-ring (bicyclic) bond motifs is 1. The fraction of sp³-hybridized carbons (Fsp3) is 0.571. The van der Waals surface area contributed by atoms with Gasteiger partial charge in [0, 0.05) is 43.0 Å². The maximum atomic E-state index is 12.0. The van der Waals surface area contributed by atoms with E-state index in [-0.39, 0.29) is 25.1 Å². The average Bonchev–Trinajstić information content (AvgIpc) is 3.15. The second kappa shape index (κ2) is 12.1. The first-order chi connectivity index (χ1) is 16.7. The lowest BCUT2D eigenvalue weighted by molar-refractivity contribution is -0.0267. The van der Waals surface area contributed by atoms with Crippen molar-refractivity contribution >= 4 is 11.0 Å². The minimum atomic E-state index is -0.413. The summed E-state index contributed by atoms with van der Waals surface area (Å²) in [7, 11) is 2.12. The van der Waals surface area contributed by atoms with Crippen LogP contribution >= 0.6 is 0 Å². The average molecular weight is 498 g/mol. The maximum absolute atomic E-state index is 12.0. The van der Waals surface area contributed by atoms with Crippen molar-refractivity contribution in [1.29, 1.82) is 0 Å². The van der Waals surface area contributed by atoms with E-state index >= 15 is 0 Å². The molecule has 2 aromatic heterocycles. The van der Waals surface area contributed by atoms with Crippen molar-refractivity contribution in [1.82, 2.24) is 24.8 Å². The van der Waals surface area contributed by atoms with Crippen LogP contribution in [0.4, 0.5) is 0 Å². The number of hydrogen-bond acceptors (Lipinski definition) is 6. The number of nitrogens with one attached hydrogen (secondary N) is 2. The number of morpholine rings is 1. The third-order valence-electron chi connectivity index (χ3n) is 6.76. The summed E-state index contributed by atoms with van der Waals surface area (Å²) in [5.74, 6) is 1.33. The third kappa shape index (κ3) is 6.62. The van der Waals surface area contributed by atoms with Crippen LogP contribution in [-0.2, 0) is 17.8 Å². The molecule has 8 nitrogen and oxygen atoms in total. The van der Waals surface area contributed by atoms with Gasteiger partial charge in [0.1, 0.15) is 5.82 Å². The Kier molecular flexibility index (Phi) is 9.47. The number of likely N-dealkylation sites (N-methyl/N-ethyl adjacent to an activating group) is 1. The first-order valence-corrected chi connectivity index (χ1v) is 12.6. The summed E-state index contributed by atoms with van der Waals surface area (Å²) in [5, 5.41) is 13.7. The second-order valence-electron chi connectivity index (χ2n) is 10.4. The molecule has 1 fully saturated rings.